The van der Waals surface area contributed by atoms with Crippen molar-refractivity contribution in [1.82, 2.24) is 15.5 Å². The van der Waals surface area contributed by atoms with Gasteiger partial charge in [-0.25, -0.2) is 0 Å². The number of nitrogens with zero attached hydrogens (tertiary/aromatic N) is 1. The molecule has 0 unspecified atom stereocenters. The van der Waals surface area contributed by atoms with Crippen molar-refractivity contribution in [1.29, 1.82) is 0 Å². The molecule has 5 nitrogen and oxygen atoms in total. The van der Waals surface area contributed by atoms with E-state index >= 15 is 0 Å². The minimum atomic E-state index is -0.0641. The van der Waals surface area contributed by atoms with Gasteiger partial charge >= 0.3 is 0 Å². The van der Waals surface area contributed by atoms with Gasteiger partial charge in [-0.15, -0.1) is 0 Å². The van der Waals surface area contributed by atoms with Crippen LogP contribution < -0.4 is 10.1 Å². The van der Waals surface area contributed by atoms with Gasteiger partial charge in [-0.2, -0.15) is 5.10 Å². The zero-order chi connectivity index (χ0) is 16.9. The number of fused-ring (bicyclic) bond motifs is 1. The van der Waals surface area contributed by atoms with E-state index in [2.05, 4.69) is 15.5 Å². The molecule has 1 aromatic carbocycles. The molecule has 0 aliphatic heterocycles. The first-order valence-electron chi connectivity index (χ1n) is 8.41. The summed E-state index contributed by atoms with van der Waals surface area (Å²) in [5.41, 5.74) is 4.25. The van der Waals surface area contributed by atoms with E-state index in [1.165, 1.54) is 24.1 Å². The average molecular weight is 348 g/mol. The van der Waals surface area contributed by atoms with Crippen LogP contribution in [0.25, 0.3) is 0 Å². The Morgan fingerprint density at radius 2 is 2.21 bits per heavy atom. The van der Waals surface area contributed by atoms with E-state index in [-0.39, 0.29) is 12.3 Å². The summed E-state index contributed by atoms with van der Waals surface area (Å²) >= 11 is 6.16. The topological polar surface area (TPSA) is 67.0 Å². The molecule has 2 N–H and O–H groups in total. The van der Waals surface area contributed by atoms with Gasteiger partial charge in [0.1, 0.15) is 5.75 Å². The molecule has 2 aromatic rings. The lowest BCUT2D eigenvalue weighted by atomic mass is 9.96. The minimum Gasteiger partial charge on any atom is -0.492 e. The van der Waals surface area contributed by atoms with Crippen molar-refractivity contribution in [2.45, 2.75) is 45.6 Å². The van der Waals surface area contributed by atoms with Crippen LogP contribution in [0.1, 0.15) is 42.3 Å². The number of ether oxygens (including phenoxy) is 1. The van der Waals surface area contributed by atoms with Gasteiger partial charge in [-0.1, -0.05) is 23.7 Å². The molecule has 1 aromatic heterocycles. The number of H-pyrrole nitrogens is 1. The third-order valence-corrected chi connectivity index (χ3v) is 4.58. The summed E-state index contributed by atoms with van der Waals surface area (Å²) in [5.74, 6) is 0.528. The number of aromatic amines is 1. The molecule has 0 fully saturated rings. The number of carbonyl (C=O) groups excluding carboxylic acids is 1. The Hall–Kier alpha value is -2.01. The van der Waals surface area contributed by atoms with E-state index in [0.717, 1.165) is 24.1 Å². The van der Waals surface area contributed by atoms with Gasteiger partial charge in [0.2, 0.25) is 5.91 Å². The van der Waals surface area contributed by atoms with Crippen molar-refractivity contribution in [3.63, 3.8) is 0 Å². The van der Waals surface area contributed by atoms with E-state index in [4.69, 9.17) is 16.3 Å². The summed E-state index contributed by atoms with van der Waals surface area (Å²) in [5, 5.41) is 10.9. The van der Waals surface area contributed by atoms with Crippen molar-refractivity contribution in [3.05, 3.63) is 45.7 Å². The predicted octanol–water partition coefficient (Wildman–Crippen LogP) is 3.20. The molecule has 0 atom stereocenters. The Balaban J connectivity index is 1.62. The van der Waals surface area contributed by atoms with E-state index in [1.54, 1.807) is 6.07 Å². The Labute approximate surface area is 146 Å². The normalized spacial score (nSPS) is 13.4. The fourth-order valence-electron chi connectivity index (χ4n) is 3.11. The highest BCUT2D eigenvalue weighted by atomic mass is 35.5. The zero-order valence-electron chi connectivity index (χ0n) is 13.8. The standard InChI is InChI=1S/C18H22ClN3O2/c1-2-24-18-12(6-5-8-14(18)19)10-17(23)20-11-16-13-7-3-4-9-15(13)21-22-16/h5-6,8H,2-4,7,9-11H2,1H3,(H,20,23)(H,21,22). The van der Waals surface area contributed by atoms with Gasteiger partial charge < -0.3 is 10.1 Å². The highest BCUT2D eigenvalue weighted by molar-refractivity contribution is 6.32. The van der Waals surface area contributed by atoms with Gasteiger partial charge in [0.15, 0.2) is 0 Å². The summed E-state index contributed by atoms with van der Waals surface area (Å²) in [6.45, 7) is 2.86. The Morgan fingerprint density at radius 3 is 3.04 bits per heavy atom. The Kier molecular flexibility index (Phi) is 5.41. The fraction of sp³-hybridized carbons (Fsp3) is 0.444. The van der Waals surface area contributed by atoms with Crippen LogP contribution in [0.4, 0.5) is 0 Å². The molecule has 0 saturated heterocycles. The van der Waals surface area contributed by atoms with Crippen LogP contribution in [0.3, 0.4) is 0 Å². The molecular weight excluding hydrogens is 326 g/mol. The third-order valence-electron chi connectivity index (χ3n) is 4.28. The Morgan fingerprint density at radius 1 is 1.38 bits per heavy atom. The molecule has 128 valence electrons. The van der Waals surface area contributed by atoms with Crippen molar-refractivity contribution >= 4 is 17.5 Å². The van der Waals surface area contributed by atoms with E-state index < -0.39 is 0 Å². The second-order valence-corrected chi connectivity index (χ2v) is 6.36. The van der Waals surface area contributed by atoms with Crippen LogP contribution in [-0.2, 0) is 30.6 Å². The number of para-hydroxylation sites is 1. The highest BCUT2D eigenvalue weighted by Gasteiger charge is 2.17. The second-order valence-electron chi connectivity index (χ2n) is 5.95. The third kappa shape index (κ3) is 3.73. The summed E-state index contributed by atoms with van der Waals surface area (Å²) < 4.78 is 5.56. The first kappa shape index (κ1) is 16.8. The molecule has 3 rings (SSSR count). The van der Waals surface area contributed by atoms with Gasteiger partial charge in [0.25, 0.3) is 0 Å². The number of rotatable bonds is 6. The zero-order valence-corrected chi connectivity index (χ0v) is 14.6. The smallest absolute Gasteiger partial charge is 0.224 e. The molecule has 1 aliphatic carbocycles. The second kappa shape index (κ2) is 7.71. The average Bonchev–Trinajstić information content (AvgIpc) is 2.99. The van der Waals surface area contributed by atoms with Crippen LogP contribution >= 0.6 is 11.6 Å². The van der Waals surface area contributed by atoms with Crippen LogP contribution in [0.15, 0.2) is 18.2 Å². The summed E-state index contributed by atoms with van der Waals surface area (Å²) in [6.07, 6.45) is 4.72. The lowest BCUT2D eigenvalue weighted by Gasteiger charge is -2.13. The maximum absolute atomic E-state index is 12.3. The summed E-state index contributed by atoms with van der Waals surface area (Å²) in [4.78, 5) is 12.3. The first-order chi connectivity index (χ1) is 11.7. The predicted molar refractivity (Wildman–Crippen MR) is 93.4 cm³/mol. The van der Waals surface area contributed by atoms with Crippen molar-refractivity contribution in [2.75, 3.05) is 6.61 Å². The van der Waals surface area contributed by atoms with Crippen LogP contribution in [-0.4, -0.2) is 22.7 Å². The van der Waals surface area contributed by atoms with Gasteiger partial charge in [0.05, 0.1) is 30.3 Å². The van der Waals surface area contributed by atoms with E-state index in [9.17, 15) is 4.79 Å². The fourth-order valence-corrected chi connectivity index (χ4v) is 3.36. The van der Waals surface area contributed by atoms with Gasteiger partial charge in [0, 0.05) is 11.3 Å². The molecular formula is C18H22ClN3O2. The molecule has 24 heavy (non-hydrogen) atoms. The number of aromatic nitrogens is 2. The van der Waals surface area contributed by atoms with Crippen LogP contribution in [0.5, 0.6) is 5.75 Å². The lowest BCUT2D eigenvalue weighted by Crippen LogP contribution is -2.25. The Bertz CT molecular complexity index is 727. The van der Waals surface area contributed by atoms with Crippen molar-refractivity contribution in [2.24, 2.45) is 0 Å². The van der Waals surface area contributed by atoms with Crippen LogP contribution in [0.2, 0.25) is 5.02 Å². The summed E-state index contributed by atoms with van der Waals surface area (Å²) in [7, 11) is 0. The molecule has 0 spiro atoms. The number of benzene rings is 1. The van der Waals surface area contributed by atoms with E-state index in [1.807, 2.05) is 19.1 Å². The minimum absolute atomic E-state index is 0.0641. The van der Waals surface area contributed by atoms with Gasteiger partial charge in [-0.3, -0.25) is 9.89 Å². The molecule has 0 radical (unpaired) electrons. The number of carbonyl (C=O) groups is 1. The quantitative estimate of drug-likeness (QED) is 0.843. The number of halogens is 1. The lowest BCUT2D eigenvalue weighted by molar-refractivity contribution is -0.120. The van der Waals surface area contributed by atoms with Crippen molar-refractivity contribution in [3.8, 4) is 5.75 Å². The molecule has 1 amide bonds. The number of aryl methyl sites for hydroxylation is 1. The maximum Gasteiger partial charge on any atom is 0.224 e. The first-order valence-corrected chi connectivity index (χ1v) is 8.78. The number of hydrogen-bond acceptors (Lipinski definition) is 3. The SMILES string of the molecule is CCOc1c(Cl)cccc1CC(=O)NCc1n[nH]c2c1CCCC2. The van der Waals surface area contributed by atoms with Crippen LogP contribution in [0, 0.1) is 0 Å². The maximum atomic E-state index is 12.3. The largest absolute Gasteiger partial charge is 0.492 e. The van der Waals surface area contributed by atoms with E-state index in [0.29, 0.717) is 23.9 Å². The monoisotopic (exact) mass is 347 g/mol. The molecule has 1 heterocycles. The van der Waals surface area contributed by atoms with Crippen molar-refractivity contribution < 1.29 is 9.53 Å². The molecule has 6 heteroatoms. The molecule has 0 bridgehead atoms. The number of amides is 1. The molecule has 0 saturated carbocycles. The highest BCUT2D eigenvalue weighted by Crippen LogP contribution is 2.29. The molecule has 1 aliphatic rings. The summed E-state index contributed by atoms with van der Waals surface area (Å²) in [6, 6.07) is 5.47. The van der Waals surface area contributed by atoms with Gasteiger partial charge in [-0.05, 0) is 44.2 Å². The number of hydrogen-bond donors (Lipinski definition) is 2. The number of nitrogens with one attached hydrogen (secondary N) is 2.